The summed E-state index contributed by atoms with van der Waals surface area (Å²) in [4.78, 5) is 18.6. The normalized spacial score (nSPS) is 14.3. The molecule has 0 spiro atoms. The van der Waals surface area contributed by atoms with E-state index in [1.165, 1.54) is 10.6 Å². The third-order valence-corrected chi connectivity index (χ3v) is 8.11. The van der Waals surface area contributed by atoms with Gasteiger partial charge in [0.25, 0.3) is 5.56 Å². The second-order valence-corrected chi connectivity index (χ2v) is 10.3. The van der Waals surface area contributed by atoms with Crippen LogP contribution in [-0.4, -0.2) is 24.5 Å². The molecule has 1 aromatic carbocycles. The monoisotopic (exact) mass is 461 g/mol. The lowest BCUT2D eigenvalue weighted by atomic mass is 10.0. The number of allylic oxidation sites excluding steroid dienone is 4. The average molecular weight is 462 g/mol. The number of halogens is 1. The second kappa shape index (κ2) is 8.47. The lowest BCUT2D eigenvalue weighted by Gasteiger charge is -2.15. The highest BCUT2D eigenvalue weighted by atomic mass is 35.5. The zero-order valence-corrected chi connectivity index (χ0v) is 18.6. The van der Waals surface area contributed by atoms with Crippen LogP contribution < -0.4 is 10.3 Å². The Balaban J connectivity index is 1.96. The molecule has 9 heteroatoms. The molecule has 0 amide bonds. The molecule has 0 saturated heterocycles. The van der Waals surface area contributed by atoms with Gasteiger partial charge in [-0.05, 0) is 36.6 Å². The highest BCUT2D eigenvalue weighted by Gasteiger charge is 2.22. The van der Waals surface area contributed by atoms with Crippen molar-refractivity contribution in [1.82, 2.24) is 14.3 Å². The Morgan fingerprint density at radius 2 is 2.07 bits per heavy atom. The first-order valence-corrected chi connectivity index (χ1v) is 12.2. The van der Waals surface area contributed by atoms with Crippen molar-refractivity contribution in [2.75, 3.05) is 6.54 Å². The van der Waals surface area contributed by atoms with Gasteiger partial charge in [-0.15, -0.1) is 11.3 Å². The predicted octanol–water partition coefficient (Wildman–Crippen LogP) is 4.22. The summed E-state index contributed by atoms with van der Waals surface area (Å²) in [6, 6.07) is 8.46. The molecule has 4 rings (SSSR count). The van der Waals surface area contributed by atoms with Crippen molar-refractivity contribution in [3.05, 3.63) is 75.3 Å². The van der Waals surface area contributed by atoms with E-state index in [4.69, 9.17) is 16.6 Å². The number of para-hydroxylation sites is 1. The third-order valence-electron chi connectivity index (χ3n) is 4.74. The molecule has 3 aromatic rings. The van der Waals surface area contributed by atoms with Crippen molar-refractivity contribution in [2.45, 2.75) is 30.4 Å². The summed E-state index contributed by atoms with van der Waals surface area (Å²) in [5.41, 5.74) is 1.25. The minimum atomic E-state index is -3.68. The van der Waals surface area contributed by atoms with Crippen molar-refractivity contribution in [3.63, 3.8) is 0 Å². The standard InChI is InChI=1S/C21H20ClN3O3S2/c1-2-23-30(27,28)19-13-15-20(29-19)24-18(12-14-8-4-3-5-9-14)25(21(15)26)17-11-7-6-10-16(17)22/h4,6-11,13,23H,2-3,5,12H2,1H3. The number of thiophene rings is 1. The molecule has 0 radical (unpaired) electrons. The highest BCUT2D eigenvalue weighted by molar-refractivity contribution is 7.91. The molecule has 0 aliphatic heterocycles. The van der Waals surface area contributed by atoms with Crippen LogP contribution >= 0.6 is 22.9 Å². The minimum absolute atomic E-state index is 0.0728. The fourth-order valence-electron chi connectivity index (χ4n) is 3.38. The van der Waals surface area contributed by atoms with E-state index in [0.717, 1.165) is 29.8 Å². The van der Waals surface area contributed by atoms with E-state index in [2.05, 4.69) is 16.9 Å². The molecule has 0 unspecified atom stereocenters. The summed E-state index contributed by atoms with van der Waals surface area (Å²) in [6.45, 7) is 1.97. The molecule has 1 aliphatic carbocycles. The van der Waals surface area contributed by atoms with Crippen LogP contribution in [0.25, 0.3) is 15.9 Å². The maximum absolute atomic E-state index is 13.5. The Bertz CT molecular complexity index is 1340. The number of nitrogens with zero attached hydrogens (tertiary/aromatic N) is 2. The lowest BCUT2D eigenvalue weighted by Crippen LogP contribution is -2.24. The van der Waals surface area contributed by atoms with E-state index in [1.807, 2.05) is 6.08 Å². The second-order valence-electron chi connectivity index (χ2n) is 6.84. The summed E-state index contributed by atoms with van der Waals surface area (Å²) in [5, 5.41) is 0.680. The van der Waals surface area contributed by atoms with Crippen LogP contribution in [0.4, 0.5) is 0 Å². The first-order valence-electron chi connectivity index (χ1n) is 9.56. The van der Waals surface area contributed by atoms with Crippen molar-refractivity contribution < 1.29 is 8.42 Å². The van der Waals surface area contributed by atoms with Crippen LogP contribution in [0.15, 0.2) is 63.1 Å². The third kappa shape index (κ3) is 4.00. The molecular weight excluding hydrogens is 442 g/mol. The quantitative estimate of drug-likeness (QED) is 0.596. The minimum Gasteiger partial charge on any atom is -0.268 e. The van der Waals surface area contributed by atoms with Crippen LogP contribution in [0.2, 0.25) is 5.02 Å². The summed E-state index contributed by atoms with van der Waals surface area (Å²) in [5.74, 6) is 0.521. The van der Waals surface area contributed by atoms with Gasteiger partial charge in [-0.25, -0.2) is 18.1 Å². The first kappa shape index (κ1) is 21.0. The molecule has 2 aromatic heterocycles. The molecule has 6 nitrogen and oxygen atoms in total. The Morgan fingerprint density at radius 3 is 2.77 bits per heavy atom. The zero-order chi connectivity index (χ0) is 21.3. The Labute approximate surface area is 183 Å². The largest absolute Gasteiger partial charge is 0.268 e. The van der Waals surface area contributed by atoms with E-state index in [0.29, 0.717) is 27.8 Å². The zero-order valence-electron chi connectivity index (χ0n) is 16.3. The van der Waals surface area contributed by atoms with Gasteiger partial charge in [-0.3, -0.25) is 9.36 Å². The number of hydrogen-bond donors (Lipinski definition) is 1. The van der Waals surface area contributed by atoms with Crippen molar-refractivity contribution in [1.29, 1.82) is 0 Å². The summed E-state index contributed by atoms with van der Waals surface area (Å²) >= 11 is 7.39. The number of aromatic nitrogens is 2. The van der Waals surface area contributed by atoms with Gasteiger partial charge in [0.15, 0.2) is 0 Å². The number of benzene rings is 1. The lowest BCUT2D eigenvalue weighted by molar-refractivity contribution is 0.586. The Kier molecular flexibility index (Phi) is 5.92. The van der Waals surface area contributed by atoms with Gasteiger partial charge in [-0.2, -0.15) is 0 Å². The van der Waals surface area contributed by atoms with Gasteiger partial charge in [0, 0.05) is 13.0 Å². The summed E-state index contributed by atoms with van der Waals surface area (Å²) in [6.07, 6.45) is 8.63. The van der Waals surface area contributed by atoms with Crippen molar-refractivity contribution >= 4 is 43.2 Å². The number of hydrogen-bond acceptors (Lipinski definition) is 5. The van der Waals surface area contributed by atoms with E-state index in [9.17, 15) is 13.2 Å². The molecule has 0 atom stereocenters. The van der Waals surface area contributed by atoms with Gasteiger partial charge < -0.3 is 0 Å². The molecular formula is C21H20ClN3O3S2. The Morgan fingerprint density at radius 1 is 1.27 bits per heavy atom. The number of nitrogens with one attached hydrogen (secondary N) is 1. The predicted molar refractivity (Wildman–Crippen MR) is 121 cm³/mol. The van der Waals surface area contributed by atoms with Crippen molar-refractivity contribution in [3.8, 4) is 5.69 Å². The molecule has 1 aliphatic rings. The SMILES string of the molecule is CCNS(=O)(=O)c1cc2c(=O)n(-c3ccccc3Cl)c(CC3=CCCC=C3)nc2s1. The number of rotatable bonds is 6. The molecule has 0 saturated carbocycles. The van der Waals surface area contributed by atoms with E-state index in [-0.39, 0.29) is 21.7 Å². The smallest absolute Gasteiger partial charge is 0.266 e. The maximum Gasteiger partial charge on any atom is 0.266 e. The van der Waals surface area contributed by atoms with Crippen LogP contribution in [0, 0.1) is 0 Å². The van der Waals surface area contributed by atoms with Crippen LogP contribution in [0.3, 0.4) is 0 Å². The highest BCUT2D eigenvalue weighted by Crippen LogP contribution is 2.28. The van der Waals surface area contributed by atoms with Crippen molar-refractivity contribution in [2.24, 2.45) is 0 Å². The maximum atomic E-state index is 13.5. The number of fused-ring (bicyclic) bond motifs is 1. The van der Waals surface area contributed by atoms with Gasteiger partial charge in [0.2, 0.25) is 10.0 Å². The van der Waals surface area contributed by atoms with E-state index in [1.54, 1.807) is 31.2 Å². The van der Waals surface area contributed by atoms with Gasteiger partial charge in [-0.1, -0.05) is 48.9 Å². The van der Waals surface area contributed by atoms with Crippen LogP contribution in [0.5, 0.6) is 0 Å². The molecule has 30 heavy (non-hydrogen) atoms. The molecule has 2 heterocycles. The fourth-order valence-corrected chi connectivity index (χ4v) is 6.02. The summed E-state index contributed by atoms with van der Waals surface area (Å²) in [7, 11) is -3.68. The number of sulfonamides is 1. The fraction of sp³-hybridized carbons (Fsp3) is 0.238. The molecule has 0 bridgehead atoms. The Hall–Kier alpha value is -2.26. The van der Waals surface area contributed by atoms with E-state index < -0.39 is 10.0 Å². The molecule has 156 valence electrons. The van der Waals surface area contributed by atoms with Gasteiger partial charge >= 0.3 is 0 Å². The van der Waals surface area contributed by atoms with Crippen LogP contribution in [-0.2, 0) is 16.4 Å². The van der Waals surface area contributed by atoms with E-state index >= 15 is 0 Å². The summed E-state index contributed by atoms with van der Waals surface area (Å²) < 4.78 is 28.9. The molecule has 1 N–H and O–H groups in total. The average Bonchev–Trinajstić information content (AvgIpc) is 3.16. The van der Waals surface area contributed by atoms with Crippen LogP contribution in [0.1, 0.15) is 25.6 Å². The topological polar surface area (TPSA) is 81.1 Å². The first-order chi connectivity index (χ1) is 14.4. The van der Waals surface area contributed by atoms with Gasteiger partial charge in [0.05, 0.1) is 16.1 Å². The van der Waals surface area contributed by atoms with Gasteiger partial charge in [0.1, 0.15) is 14.9 Å². The molecule has 0 fully saturated rings.